The number of nitrogens with zero attached hydrogens (tertiary/aromatic N) is 2. The van der Waals surface area contributed by atoms with E-state index < -0.39 is 17.7 Å². The van der Waals surface area contributed by atoms with Crippen molar-refractivity contribution in [1.82, 2.24) is 4.90 Å². The third-order valence-electron chi connectivity index (χ3n) is 5.23. The van der Waals surface area contributed by atoms with Gasteiger partial charge in [-0.05, 0) is 51.8 Å². The van der Waals surface area contributed by atoms with Gasteiger partial charge in [0.15, 0.2) is 0 Å². The number of amides is 1. The quantitative estimate of drug-likeness (QED) is 0.364. The molecule has 1 amide bonds. The van der Waals surface area contributed by atoms with Crippen molar-refractivity contribution in [3.63, 3.8) is 0 Å². The summed E-state index contributed by atoms with van der Waals surface area (Å²) in [5.41, 5.74) is 2.18. The normalized spacial score (nSPS) is 17.8. The minimum absolute atomic E-state index is 0.0516. The van der Waals surface area contributed by atoms with Gasteiger partial charge in [-0.2, -0.15) is 0 Å². The van der Waals surface area contributed by atoms with Crippen molar-refractivity contribution in [2.45, 2.75) is 6.04 Å². The first-order chi connectivity index (χ1) is 14.8. The Labute approximate surface area is 190 Å². The Morgan fingerprint density at radius 1 is 1.13 bits per heavy atom. The first-order valence-corrected chi connectivity index (χ1v) is 10.5. The summed E-state index contributed by atoms with van der Waals surface area (Å²) in [5.74, 6) is -1.02. The summed E-state index contributed by atoms with van der Waals surface area (Å²) in [4.78, 5) is 29.2. The molecule has 0 aromatic heterocycles. The van der Waals surface area contributed by atoms with E-state index in [4.69, 9.17) is 9.47 Å². The molecule has 1 aliphatic rings. The maximum absolute atomic E-state index is 13.0. The van der Waals surface area contributed by atoms with Crippen LogP contribution in [0, 0.1) is 0 Å². The molecule has 7 nitrogen and oxygen atoms in total. The van der Waals surface area contributed by atoms with Crippen molar-refractivity contribution < 1.29 is 24.2 Å². The van der Waals surface area contributed by atoms with Crippen LogP contribution in [0.25, 0.3) is 5.76 Å². The van der Waals surface area contributed by atoms with E-state index in [-0.39, 0.29) is 24.5 Å². The molecule has 164 valence electrons. The molecule has 1 fully saturated rings. The summed E-state index contributed by atoms with van der Waals surface area (Å²) in [6.45, 7) is 0.498. The molecule has 1 saturated heterocycles. The molecule has 2 aromatic carbocycles. The van der Waals surface area contributed by atoms with E-state index in [1.54, 1.807) is 25.3 Å². The molecule has 1 heterocycles. The smallest absolute Gasteiger partial charge is 0.295 e. The molecule has 0 aliphatic carbocycles. The minimum atomic E-state index is -0.720. The fraction of sp³-hybridized carbons (Fsp3) is 0.304. The Morgan fingerprint density at radius 2 is 1.81 bits per heavy atom. The van der Waals surface area contributed by atoms with Crippen molar-refractivity contribution in [3.8, 4) is 5.75 Å². The highest BCUT2D eigenvalue weighted by Crippen LogP contribution is 2.40. The van der Waals surface area contributed by atoms with Crippen LogP contribution in [0.1, 0.15) is 17.2 Å². The number of hydrogen-bond donors (Lipinski definition) is 1. The molecule has 2 aromatic rings. The number of Topliss-reactive ketones (excluding diaryl/α,β-unsaturated/α-hetero) is 1. The lowest BCUT2D eigenvalue weighted by atomic mass is 9.95. The zero-order chi connectivity index (χ0) is 22.7. The number of likely N-dealkylation sites (tertiary alicyclic amines) is 1. The number of ketones is 1. The molecule has 1 atom stereocenters. The Morgan fingerprint density at radius 3 is 2.35 bits per heavy atom. The van der Waals surface area contributed by atoms with Gasteiger partial charge in [-0.15, -0.1) is 0 Å². The topological polar surface area (TPSA) is 79.3 Å². The van der Waals surface area contributed by atoms with Crippen LogP contribution in [0.3, 0.4) is 0 Å². The second-order valence-corrected chi connectivity index (χ2v) is 8.17. The molecule has 1 unspecified atom stereocenters. The van der Waals surface area contributed by atoms with Gasteiger partial charge < -0.3 is 24.4 Å². The summed E-state index contributed by atoms with van der Waals surface area (Å²) in [6, 6.07) is 11.8. The van der Waals surface area contributed by atoms with Gasteiger partial charge >= 0.3 is 0 Å². The number of ether oxygens (including phenoxy) is 2. The lowest BCUT2D eigenvalue weighted by Crippen LogP contribution is -2.32. The van der Waals surface area contributed by atoms with Crippen molar-refractivity contribution in [2.75, 3.05) is 46.4 Å². The minimum Gasteiger partial charge on any atom is -0.507 e. The van der Waals surface area contributed by atoms with E-state index >= 15 is 0 Å². The number of methoxy groups -OCH3 is 2. The number of carbonyl (C=O) groups is 2. The molecule has 31 heavy (non-hydrogen) atoms. The predicted octanol–water partition coefficient (Wildman–Crippen LogP) is 3.59. The summed E-state index contributed by atoms with van der Waals surface area (Å²) >= 11 is 3.40. The highest BCUT2D eigenvalue weighted by molar-refractivity contribution is 9.10. The lowest BCUT2D eigenvalue weighted by molar-refractivity contribution is -0.140. The summed E-state index contributed by atoms with van der Waals surface area (Å²) in [5, 5.41) is 11.1. The fourth-order valence-electron chi connectivity index (χ4n) is 3.57. The number of aliphatic hydroxyl groups is 1. The average Bonchev–Trinajstić information content (AvgIpc) is 3.01. The van der Waals surface area contributed by atoms with Gasteiger partial charge in [0, 0.05) is 39.0 Å². The number of aliphatic hydroxyl groups excluding tert-OH is 1. The molecular formula is C23H25BrN2O5. The molecule has 0 radical (unpaired) electrons. The van der Waals surface area contributed by atoms with Crippen LogP contribution in [0.5, 0.6) is 5.75 Å². The monoisotopic (exact) mass is 488 g/mol. The van der Waals surface area contributed by atoms with E-state index in [0.717, 1.165) is 11.3 Å². The van der Waals surface area contributed by atoms with E-state index in [0.29, 0.717) is 15.8 Å². The Balaban J connectivity index is 2.14. The van der Waals surface area contributed by atoms with Crippen LogP contribution >= 0.6 is 15.9 Å². The van der Waals surface area contributed by atoms with Gasteiger partial charge in [0.05, 0.1) is 29.8 Å². The summed E-state index contributed by atoms with van der Waals surface area (Å²) < 4.78 is 11.0. The van der Waals surface area contributed by atoms with Gasteiger partial charge in [0.25, 0.3) is 11.7 Å². The lowest BCUT2D eigenvalue weighted by Gasteiger charge is -2.25. The predicted molar refractivity (Wildman–Crippen MR) is 122 cm³/mol. The van der Waals surface area contributed by atoms with Crippen molar-refractivity contribution >= 4 is 39.1 Å². The van der Waals surface area contributed by atoms with Gasteiger partial charge in [0.2, 0.25) is 0 Å². The number of benzene rings is 2. The molecule has 0 spiro atoms. The number of rotatable bonds is 7. The van der Waals surface area contributed by atoms with Gasteiger partial charge in [0.1, 0.15) is 11.5 Å². The van der Waals surface area contributed by atoms with Crippen LogP contribution in [0.4, 0.5) is 5.69 Å². The van der Waals surface area contributed by atoms with E-state index in [1.165, 1.54) is 12.0 Å². The number of carbonyl (C=O) groups excluding carboxylic acids is 2. The average molecular weight is 489 g/mol. The van der Waals surface area contributed by atoms with E-state index in [1.807, 2.05) is 43.3 Å². The molecule has 8 heteroatoms. The second kappa shape index (κ2) is 9.53. The fourth-order valence-corrected chi connectivity index (χ4v) is 4.11. The Kier molecular flexibility index (Phi) is 7.02. The Hall–Kier alpha value is -2.84. The zero-order valence-corrected chi connectivity index (χ0v) is 19.5. The summed E-state index contributed by atoms with van der Waals surface area (Å²) in [7, 11) is 6.94. The van der Waals surface area contributed by atoms with E-state index in [9.17, 15) is 14.7 Å². The zero-order valence-electron chi connectivity index (χ0n) is 17.9. The molecular weight excluding hydrogens is 464 g/mol. The summed E-state index contributed by atoms with van der Waals surface area (Å²) in [6.07, 6.45) is 0. The van der Waals surface area contributed by atoms with Crippen LogP contribution < -0.4 is 9.64 Å². The SMILES string of the molecule is COCCN1C(=O)C(=O)/C(=C(\O)c2ccc(OC)c(Br)c2)C1c1ccc(N(C)C)cc1. The standard InChI is InChI=1S/C23H25BrN2O5/c1-25(2)16-8-5-14(6-9-16)20-19(22(28)23(29)26(20)11-12-30-3)21(27)15-7-10-18(31-4)17(24)13-15/h5-10,13,20,27H,11-12H2,1-4H3/b21-19-. The highest BCUT2D eigenvalue weighted by Gasteiger charge is 2.45. The van der Waals surface area contributed by atoms with Crippen molar-refractivity contribution in [1.29, 1.82) is 0 Å². The van der Waals surface area contributed by atoms with Crippen LogP contribution in [0.2, 0.25) is 0 Å². The molecule has 1 N–H and O–H groups in total. The highest BCUT2D eigenvalue weighted by atomic mass is 79.9. The maximum Gasteiger partial charge on any atom is 0.295 e. The second-order valence-electron chi connectivity index (χ2n) is 7.32. The molecule has 0 saturated carbocycles. The van der Waals surface area contributed by atoms with Gasteiger partial charge in [-0.25, -0.2) is 0 Å². The molecule has 0 bridgehead atoms. The molecule has 1 aliphatic heterocycles. The van der Waals surface area contributed by atoms with Crippen LogP contribution in [0.15, 0.2) is 52.5 Å². The first-order valence-electron chi connectivity index (χ1n) is 9.68. The third kappa shape index (κ3) is 4.45. The molecule has 3 rings (SSSR count). The largest absolute Gasteiger partial charge is 0.507 e. The van der Waals surface area contributed by atoms with Gasteiger partial charge in [-0.3, -0.25) is 9.59 Å². The van der Waals surface area contributed by atoms with E-state index in [2.05, 4.69) is 15.9 Å². The number of anilines is 1. The van der Waals surface area contributed by atoms with Crippen molar-refractivity contribution in [2.24, 2.45) is 0 Å². The number of hydrogen-bond acceptors (Lipinski definition) is 6. The Bertz CT molecular complexity index is 1020. The maximum atomic E-state index is 13.0. The third-order valence-corrected chi connectivity index (χ3v) is 5.85. The van der Waals surface area contributed by atoms with Gasteiger partial charge in [-0.1, -0.05) is 12.1 Å². The van der Waals surface area contributed by atoms with Crippen molar-refractivity contribution in [3.05, 3.63) is 63.6 Å². The van der Waals surface area contributed by atoms with Crippen LogP contribution in [-0.4, -0.2) is 63.2 Å². The first kappa shape index (κ1) is 22.8. The van der Waals surface area contributed by atoms with Crippen LogP contribution in [-0.2, 0) is 14.3 Å². The number of halogens is 1.